The van der Waals surface area contributed by atoms with Gasteiger partial charge in [-0.05, 0) is 44.0 Å². The lowest BCUT2D eigenvalue weighted by Gasteiger charge is -2.31. The van der Waals surface area contributed by atoms with Crippen molar-refractivity contribution in [3.63, 3.8) is 0 Å². The third-order valence-electron chi connectivity index (χ3n) is 6.61. The molecule has 4 aromatic rings. The number of furan rings is 1. The number of aliphatic hydroxyl groups excluding tert-OH is 1. The van der Waals surface area contributed by atoms with Gasteiger partial charge < -0.3 is 34.2 Å². The molecular formula is C26H28N6O5. The number of oxazole rings is 1. The van der Waals surface area contributed by atoms with Gasteiger partial charge in [-0.3, -0.25) is 9.78 Å². The number of anilines is 2. The predicted molar refractivity (Wildman–Crippen MR) is 135 cm³/mol. The van der Waals surface area contributed by atoms with Crippen molar-refractivity contribution >= 4 is 28.6 Å². The molecule has 192 valence electrons. The molecule has 2 aliphatic rings. The summed E-state index contributed by atoms with van der Waals surface area (Å²) >= 11 is 0. The second kappa shape index (κ2) is 9.92. The summed E-state index contributed by atoms with van der Waals surface area (Å²) in [6.07, 6.45) is 2.30. The molecule has 4 aromatic heterocycles. The van der Waals surface area contributed by atoms with Crippen molar-refractivity contribution in [3.05, 3.63) is 53.9 Å². The maximum absolute atomic E-state index is 13.2. The van der Waals surface area contributed by atoms with Crippen LogP contribution in [0.3, 0.4) is 0 Å². The van der Waals surface area contributed by atoms with Crippen LogP contribution in [0.25, 0.3) is 22.6 Å². The largest absolute Gasteiger partial charge is 0.451 e. The summed E-state index contributed by atoms with van der Waals surface area (Å²) in [6.45, 7) is 5.07. The number of nitrogens with zero attached hydrogens (tertiary/aromatic N) is 4. The lowest BCUT2D eigenvalue weighted by atomic mass is 10.1. The Balaban J connectivity index is 1.31. The molecule has 2 fully saturated rings. The van der Waals surface area contributed by atoms with E-state index in [1.807, 2.05) is 24.0 Å². The van der Waals surface area contributed by atoms with E-state index in [0.717, 1.165) is 17.8 Å². The monoisotopic (exact) mass is 504 g/mol. The number of ether oxygens (including phenoxy) is 1. The number of hydrogen-bond acceptors (Lipinski definition) is 10. The summed E-state index contributed by atoms with van der Waals surface area (Å²) in [5, 5.41) is 16.2. The molecule has 1 amide bonds. The van der Waals surface area contributed by atoms with Crippen LogP contribution < -0.4 is 15.5 Å². The van der Waals surface area contributed by atoms with Gasteiger partial charge in [-0.25, -0.2) is 4.98 Å². The highest BCUT2D eigenvalue weighted by molar-refractivity contribution is 6.05. The van der Waals surface area contributed by atoms with E-state index in [-0.39, 0.29) is 18.0 Å². The number of pyridine rings is 2. The molecule has 1 atom stereocenters. The molecule has 6 heterocycles. The Labute approximate surface area is 212 Å². The maximum atomic E-state index is 13.2. The highest BCUT2D eigenvalue weighted by Crippen LogP contribution is 2.33. The quantitative estimate of drug-likeness (QED) is 0.372. The third kappa shape index (κ3) is 4.93. The minimum absolute atomic E-state index is 0.171. The van der Waals surface area contributed by atoms with Crippen molar-refractivity contribution in [1.82, 2.24) is 20.3 Å². The molecule has 2 aliphatic heterocycles. The van der Waals surface area contributed by atoms with E-state index in [1.54, 1.807) is 24.4 Å². The number of carbonyl (C=O) groups excluding carboxylic acids is 1. The standard InChI is InChI=1S/C26H28N6O5/c1-15-12-16(4-7-28-15)19-2-3-20(36-19)25(34)29-18-13-21-23(30-24(18)32-9-5-17(33)6-10-32)31-26(37-21)22-14-27-8-11-35-22/h2-4,7,12-13,17,22,27,33H,5-6,8-11,14H2,1H3,(H,29,34). The Morgan fingerprint density at radius 1 is 1.16 bits per heavy atom. The Hall–Kier alpha value is -3.80. The molecule has 3 N–H and O–H groups in total. The lowest BCUT2D eigenvalue weighted by Crippen LogP contribution is -2.37. The average molecular weight is 505 g/mol. The van der Waals surface area contributed by atoms with Gasteiger partial charge in [-0.1, -0.05) is 0 Å². The summed E-state index contributed by atoms with van der Waals surface area (Å²) in [4.78, 5) is 28.8. The highest BCUT2D eigenvalue weighted by atomic mass is 16.5. The third-order valence-corrected chi connectivity index (χ3v) is 6.61. The number of morpholine rings is 1. The first kappa shape index (κ1) is 23.6. The van der Waals surface area contributed by atoms with Crippen molar-refractivity contribution in [2.45, 2.75) is 32.0 Å². The highest BCUT2D eigenvalue weighted by Gasteiger charge is 2.26. The number of fused-ring (bicyclic) bond motifs is 1. The van der Waals surface area contributed by atoms with Gasteiger partial charge >= 0.3 is 0 Å². The van der Waals surface area contributed by atoms with Gasteiger partial charge in [-0.15, -0.1) is 0 Å². The van der Waals surface area contributed by atoms with E-state index in [1.165, 1.54) is 0 Å². The molecule has 0 spiro atoms. The van der Waals surface area contributed by atoms with E-state index in [2.05, 4.69) is 20.6 Å². The topological polar surface area (TPSA) is 139 Å². The van der Waals surface area contributed by atoms with Crippen molar-refractivity contribution in [3.8, 4) is 11.3 Å². The Morgan fingerprint density at radius 2 is 2.03 bits per heavy atom. The zero-order valence-electron chi connectivity index (χ0n) is 20.4. The van der Waals surface area contributed by atoms with Gasteiger partial charge in [0, 0.05) is 49.7 Å². The average Bonchev–Trinajstić information content (AvgIpc) is 3.57. The molecule has 37 heavy (non-hydrogen) atoms. The van der Waals surface area contributed by atoms with Crippen molar-refractivity contribution in [1.29, 1.82) is 0 Å². The van der Waals surface area contributed by atoms with Crippen molar-refractivity contribution in [2.24, 2.45) is 0 Å². The van der Waals surface area contributed by atoms with Crippen LogP contribution in [0.4, 0.5) is 11.5 Å². The van der Waals surface area contributed by atoms with Crippen LogP contribution in [-0.4, -0.2) is 64.9 Å². The van der Waals surface area contributed by atoms with Crippen LogP contribution in [0.2, 0.25) is 0 Å². The molecule has 0 bridgehead atoms. The fourth-order valence-electron chi connectivity index (χ4n) is 4.64. The second-order valence-corrected chi connectivity index (χ2v) is 9.32. The fraction of sp³-hybridized carbons (Fsp3) is 0.385. The molecule has 11 heteroatoms. The Bertz CT molecular complexity index is 1420. The molecular weight excluding hydrogens is 476 g/mol. The number of aryl methyl sites for hydroxylation is 1. The van der Waals surface area contributed by atoms with Gasteiger partial charge in [0.2, 0.25) is 11.5 Å². The van der Waals surface area contributed by atoms with Crippen LogP contribution >= 0.6 is 0 Å². The number of amides is 1. The van der Waals surface area contributed by atoms with Gasteiger partial charge in [0.1, 0.15) is 11.9 Å². The number of carbonyl (C=O) groups is 1. The molecule has 0 radical (unpaired) electrons. The van der Waals surface area contributed by atoms with Crippen LogP contribution in [0.1, 0.15) is 41.1 Å². The zero-order valence-corrected chi connectivity index (χ0v) is 20.4. The second-order valence-electron chi connectivity index (χ2n) is 9.32. The van der Waals surface area contributed by atoms with E-state index < -0.39 is 5.91 Å². The van der Waals surface area contributed by atoms with Crippen molar-refractivity contribution in [2.75, 3.05) is 43.0 Å². The molecule has 1 unspecified atom stereocenters. The minimum Gasteiger partial charge on any atom is -0.451 e. The van der Waals surface area contributed by atoms with E-state index in [4.69, 9.17) is 18.6 Å². The van der Waals surface area contributed by atoms with Crippen LogP contribution in [0.15, 0.2) is 45.4 Å². The summed E-state index contributed by atoms with van der Waals surface area (Å²) in [5.74, 6) is 1.37. The summed E-state index contributed by atoms with van der Waals surface area (Å²) < 4.78 is 17.6. The fourth-order valence-corrected chi connectivity index (χ4v) is 4.64. The van der Waals surface area contributed by atoms with Gasteiger partial charge in [0.25, 0.3) is 5.91 Å². The van der Waals surface area contributed by atoms with E-state index in [9.17, 15) is 9.90 Å². The first-order valence-corrected chi connectivity index (χ1v) is 12.4. The SMILES string of the molecule is Cc1cc(-c2ccc(C(=O)Nc3cc4oc(C5CNCCO5)nc4nc3N3CCC(O)CC3)o2)ccn1. The number of aromatic nitrogens is 3. The summed E-state index contributed by atoms with van der Waals surface area (Å²) in [6, 6.07) is 8.88. The number of rotatable bonds is 5. The number of nitrogens with one attached hydrogen (secondary N) is 2. The molecule has 11 nitrogen and oxygen atoms in total. The van der Waals surface area contributed by atoms with Gasteiger partial charge in [0.15, 0.2) is 17.2 Å². The Morgan fingerprint density at radius 3 is 2.81 bits per heavy atom. The molecule has 0 aliphatic carbocycles. The number of aliphatic hydroxyl groups is 1. The van der Waals surface area contributed by atoms with Gasteiger partial charge in [-0.2, -0.15) is 4.98 Å². The lowest BCUT2D eigenvalue weighted by molar-refractivity contribution is 0.0118. The smallest absolute Gasteiger partial charge is 0.291 e. The molecule has 2 saturated heterocycles. The zero-order chi connectivity index (χ0) is 25.4. The Kier molecular flexibility index (Phi) is 6.33. The number of hydrogen-bond donors (Lipinski definition) is 3. The predicted octanol–water partition coefficient (Wildman–Crippen LogP) is 3.06. The van der Waals surface area contributed by atoms with Crippen LogP contribution in [0.5, 0.6) is 0 Å². The number of piperidine rings is 1. The molecule has 0 aromatic carbocycles. The minimum atomic E-state index is -0.406. The molecule has 0 saturated carbocycles. The van der Waals surface area contributed by atoms with Gasteiger partial charge in [0.05, 0.1) is 18.4 Å². The normalized spacial score (nSPS) is 18.9. The molecule has 6 rings (SSSR count). The summed E-state index contributed by atoms with van der Waals surface area (Å²) in [5.41, 5.74) is 3.08. The first-order valence-electron chi connectivity index (χ1n) is 12.4. The maximum Gasteiger partial charge on any atom is 0.291 e. The van der Waals surface area contributed by atoms with E-state index in [0.29, 0.717) is 73.5 Å². The first-order chi connectivity index (χ1) is 18.0. The van der Waals surface area contributed by atoms with Crippen LogP contribution in [-0.2, 0) is 4.74 Å². The van der Waals surface area contributed by atoms with E-state index >= 15 is 0 Å². The summed E-state index contributed by atoms with van der Waals surface area (Å²) in [7, 11) is 0. The van der Waals surface area contributed by atoms with Crippen LogP contribution in [0, 0.1) is 6.92 Å². The van der Waals surface area contributed by atoms with Crippen molar-refractivity contribution < 1.29 is 23.5 Å².